The summed E-state index contributed by atoms with van der Waals surface area (Å²) < 4.78 is 20.4. The maximum Gasteiger partial charge on any atom is 0.201 e. The van der Waals surface area contributed by atoms with Crippen molar-refractivity contribution in [1.29, 1.82) is 0 Å². The number of nitrogens with zero attached hydrogens (tertiary/aromatic N) is 2. The molecule has 0 aliphatic heterocycles. The van der Waals surface area contributed by atoms with Crippen LogP contribution in [0.15, 0.2) is 12.1 Å². The largest absolute Gasteiger partial charge is 0.494 e. The van der Waals surface area contributed by atoms with Crippen molar-refractivity contribution >= 4 is 17.0 Å². The number of hydrogen-bond donors (Lipinski definition) is 1. The third kappa shape index (κ3) is 2.05. The van der Waals surface area contributed by atoms with Crippen molar-refractivity contribution in [1.82, 2.24) is 9.55 Å². The highest BCUT2D eigenvalue weighted by molar-refractivity contribution is 5.80. The van der Waals surface area contributed by atoms with Gasteiger partial charge in [-0.05, 0) is 5.92 Å². The summed E-state index contributed by atoms with van der Waals surface area (Å²) in [6.45, 7) is 4.93. The van der Waals surface area contributed by atoms with E-state index in [-0.39, 0.29) is 5.75 Å². The molecule has 0 spiro atoms. The Morgan fingerprint density at radius 3 is 2.76 bits per heavy atom. The van der Waals surface area contributed by atoms with Crippen molar-refractivity contribution < 1.29 is 9.13 Å². The molecule has 0 amide bonds. The van der Waals surface area contributed by atoms with E-state index < -0.39 is 5.82 Å². The second-order valence-electron chi connectivity index (χ2n) is 4.45. The van der Waals surface area contributed by atoms with E-state index in [0.29, 0.717) is 17.4 Å². The van der Waals surface area contributed by atoms with Crippen LogP contribution in [0.2, 0.25) is 0 Å². The number of rotatable bonds is 3. The molecule has 0 unspecified atom stereocenters. The Labute approximate surface area is 99.2 Å². The Bertz CT molecular complexity index is 548. The number of methoxy groups -OCH3 is 1. The molecule has 4 nitrogen and oxygen atoms in total. The molecule has 92 valence electrons. The molecule has 1 aromatic heterocycles. The molecule has 1 aromatic carbocycles. The van der Waals surface area contributed by atoms with Crippen LogP contribution in [0.3, 0.4) is 0 Å². The maximum absolute atomic E-state index is 13.5. The summed E-state index contributed by atoms with van der Waals surface area (Å²) in [5.41, 5.74) is 7.19. The first-order valence-corrected chi connectivity index (χ1v) is 5.52. The summed E-state index contributed by atoms with van der Waals surface area (Å²) >= 11 is 0. The fourth-order valence-corrected chi connectivity index (χ4v) is 1.86. The van der Waals surface area contributed by atoms with Gasteiger partial charge in [0.15, 0.2) is 11.6 Å². The zero-order chi connectivity index (χ0) is 12.6. The highest BCUT2D eigenvalue weighted by Crippen LogP contribution is 2.26. The van der Waals surface area contributed by atoms with Gasteiger partial charge in [-0.25, -0.2) is 9.37 Å². The minimum Gasteiger partial charge on any atom is -0.494 e. The van der Waals surface area contributed by atoms with E-state index in [2.05, 4.69) is 18.8 Å². The molecule has 0 saturated carbocycles. The molecular formula is C12H16FN3O. The molecule has 5 heteroatoms. The van der Waals surface area contributed by atoms with Gasteiger partial charge >= 0.3 is 0 Å². The number of imidazole rings is 1. The third-order valence-electron chi connectivity index (χ3n) is 2.60. The molecule has 0 aliphatic rings. The van der Waals surface area contributed by atoms with Crippen LogP contribution in [-0.4, -0.2) is 16.7 Å². The molecule has 0 radical (unpaired) electrons. The zero-order valence-electron chi connectivity index (χ0n) is 10.2. The van der Waals surface area contributed by atoms with Crippen LogP contribution in [0.1, 0.15) is 13.8 Å². The molecule has 0 saturated heterocycles. The van der Waals surface area contributed by atoms with Gasteiger partial charge in [0.2, 0.25) is 5.95 Å². The number of aromatic nitrogens is 2. The van der Waals surface area contributed by atoms with Crippen LogP contribution >= 0.6 is 0 Å². The van der Waals surface area contributed by atoms with E-state index in [4.69, 9.17) is 10.5 Å². The van der Waals surface area contributed by atoms with E-state index in [1.54, 1.807) is 6.07 Å². The molecule has 0 fully saturated rings. The van der Waals surface area contributed by atoms with E-state index in [9.17, 15) is 4.39 Å². The molecule has 2 aromatic rings. The number of hydrogen-bond acceptors (Lipinski definition) is 3. The average molecular weight is 237 g/mol. The van der Waals surface area contributed by atoms with Crippen LogP contribution in [0.4, 0.5) is 10.3 Å². The van der Waals surface area contributed by atoms with Crippen LogP contribution in [0.5, 0.6) is 5.75 Å². The summed E-state index contributed by atoms with van der Waals surface area (Å²) in [6.07, 6.45) is 0. The lowest BCUT2D eigenvalue weighted by atomic mass is 10.2. The first-order chi connectivity index (χ1) is 8.02. The summed E-state index contributed by atoms with van der Waals surface area (Å²) in [7, 11) is 1.44. The molecular weight excluding hydrogens is 221 g/mol. The number of anilines is 1. The molecule has 0 bridgehead atoms. The number of ether oxygens (including phenoxy) is 1. The van der Waals surface area contributed by atoms with Gasteiger partial charge in [-0.1, -0.05) is 13.8 Å². The molecule has 2 rings (SSSR count). The summed E-state index contributed by atoms with van der Waals surface area (Å²) in [4.78, 5) is 4.15. The minimum absolute atomic E-state index is 0.211. The van der Waals surface area contributed by atoms with Crippen LogP contribution in [0, 0.1) is 11.7 Å². The van der Waals surface area contributed by atoms with E-state index in [0.717, 1.165) is 12.1 Å². The molecule has 0 aliphatic carbocycles. The van der Waals surface area contributed by atoms with Gasteiger partial charge in [-0.2, -0.15) is 0 Å². The van der Waals surface area contributed by atoms with Gasteiger partial charge in [-0.3, -0.25) is 0 Å². The van der Waals surface area contributed by atoms with E-state index in [1.807, 2.05) is 4.57 Å². The Morgan fingerprint density at radius 2 is 2.18 bits per heavy atom. The zero-order valence-corrected chi connectivity index (χ0v) is 10.2. The van der Waals surface area contributed by atoms with Crippen molar-refractivity contribution in [3.05, 3.63) is 17.9 Å². The normalized spacial score (nSPS) is 11.4. The van der Waals surface area contributed by atoms with Gasteiger partial charge in [0.1, 0.15) is 0 Å². The topological polar surface area (TPSA) is 53.1 Å². The van der Waals surface area contributed by atoms with Crippen LogP contribution in [-0.2, 0) is 6.54 Å². The quantitative estimate of drug-likeness (QED) is 0.892. The van der Waals surface area contributed by atoms with Crippen molar-refractivity contribution in [2.45, 2.75) is 20.4 Å². The fourth-order valence-electron chi connectivity index (χ4n) is 1.86. The SMILES string of the molecule is COc1cc2c(cc1F)nc(N)n2CC(C)C. The Hall–Kier alpha value is -1.78. The van der Waals surface area contributed by atoms with Gasteiger partial charge in [-0.15, -0.1) is 0 Å². The standard InChI is InChI=1S/C12H16FN3O/c1-7(2)6-16-10-5-11(17-3)8(13)4-9(10)15-12(16)14/h4-5,7H,6H2,1-3H3,(H2,14,15). The van der Waals surface area contributed by atoms with Crippen molar-refractivity contribution in [3.63, 3.8) is 0 Å². The Balaban J connectivity index is 2.63. The van der Waals surface area contributed by atoms with Crippen LogP contribution < -0.4 is 10.5 Å². The second kappa shape index (κ2) is 4.24. The molecule has 0 atom stereocenters. The number of halogens is 1. The maximum atomic E-state index is 13.5. The predicted molar refractivity (Wildman–Crippen MR) is 65.5 cm³/mol. The van der Waals surface area contributed by atoms with E-state index >= 15 is 0 Å². The van der Waals surface area contributed by atoms with Crippen LogP contribution in [0.25, 0.3) is 11.0 Å². The second-order valence-corrected chi connectivity index (χ2v) is 4.45. The van der Waals surface area contributed by atoms with Gasteiger partial charge in [0.05, 0.1) is 18.1 Å². The van der Waals surface area contributed by atoms with E-state index in [1.165, 1.54) is 13.2 Å². The summed E-state index contributed by atoms with van der Waals surface area (Å²) in [5.74, 6) is 0.628. The van der Waals surface area contributed by atoms with Gasteiger partial charge in [0, 0.05) is 18.7 Å². The lowest BCUT2D eigenvalue weighted by Crippen LogP contribution is -2.07. The first-order valence-electron chi connectivity index (χ1n) is 5.52. The monoisotopic (exact) mass is 237 g/mol. The highest BCUT2D eigenvalue weighted by Gasteiger charge is 2.13. The Morgan fingerprint density at radius 1 is 1.47 bits per heavy atom. The Kier molecular flexibility index (Phi) is 2.92. The molecule has 2 N–H and O–H groups in total. The third-order valence-corrected chi connectivity index (χ3v) is 2.60. The minimum atomic E-state index is -0.422. The summed E-state index contributed by atoms with van der Waals surface area (Å²) in [6, 6.07) is 2.98. The summed E-state index contributed by atoms with van der Waals surface area (Å²) in [5, 5.41) is 0. The van der Waals surface area contributed by atoms with Crippen molar-refractivity contribution in [2.24, 2.45) is 5.92 Å². The molecule has 1 heterocycles. The van der Waals surface area contributed by atoms with Gasteiger partial charge < -0.3 is 15.0 Å². The number of fused-ring (bicyclic) bond motifs is 1. The number of nitrogen functional groups attached to an aromatic ring is 1. The number of nitrogens with two attached hydrogens (primary N) is 1. The predicted octanol–water partition coefficient (Wildman–Crippen LogP) is 2.42. The smallest absolute Gasteiger partial charge is 0.201 e. The lowest BCUT2D eigenvalue weighted by Gasteiger charge is -2.09. The lowest BCUT2D eigenvalue weighted by molar-refractivity contribution is 0.387. The molecule has 17 heavy (non-hydrogen) atoms. The first kappa shape index (κ1) is 11.7. The number of benzene rings is 1. The van der Waals surface area contributed by atoms with Crippen molar-refractivity contribution in [3.8, 4) is 5.75 Å². The fraction of sp³-hybridized carbons (Fsp3) is 0.417. The average Bonchev–Trinajstić information content (AvgIpc) is 2.53. The van der Waals surface area contributed by atoms with Gasteiger partial charge in [0.25, 0.3) is 0 Å². The van der Waals surface area contributed by atoms with Crippen molar-refractivity contribution in [2.75, 3.05) is 12.8 Å². The highest BCUT2D eigenvalue weighted by atomic mass is 19.1.